The largest absolute Gasteiger partial charge is 0.460 e. The molecule has 0 aliphatic rings. The average molecular weight is 678 g/mol. The Morgan fingerprint density at radius 2 is 0.918 bits per heavy atom. The number of hydrogen-bond donors (Lipinski definition) is 0. The molecule has 0 amide bonds. The molecular weight excluding hydrogens is 630 g/mol. The average Bonchev–Trinajstić information content (AvgIpc) is 3.08. The summed E-state index contributed by atoms with van der Waals surface area (Å²) in [5, 5.41) is 0. The zero-order valence-electron chi connectivity index (χ0n) is 28.3. The molecule has 0 spiro atoms. The molecule has 0 aliphatic carbocycles. The molecule has 0 saturated carbocycles. The van der Waals surface area contributed by atoms with Gasteiger partial charge in [0.25, 0.3) is 0 Å². The summed E-state index contributed by atoms with van der Waals surface area (Å²) in [6, 6.07) is 17.8. The molecule has 3 rings (SSSR count). The summed E-state index contributed by atoms with van der Waals surface area (Å²) in [6.45, 7) is 4.85. The molecule has 0 aliphatic heterocycles. The number of esters is 3. The van der Waals surface area contributed by atoms with Gasteiger partial charge in [0.05, 0.1) is 6.54 Å². The summed E-state index contributed by atoms with van der Waals surface area (Å²) in [7, 11) is 0. The van der Waals surface area contributed by atoms with E-state index in [9.17, 15) is 28.8 Å². The van der Waals surface area contributed by atoms with Crippen LogP contribution in [0.3, 0.4) is 0 Å². The highest BCUT2D eigenvalue weighted by molar-refractivity contribution is 5.86. The number of ether oxygens (including phenoxy) is 3. The van der Waals surface area contributed by atoms with Crippen LogP contribution in [-0.2, 0) is 38.8 Å². The van der Waals surface area contributed by atoms with E-state index < -0.39 is 23.0 Å². The maximum absolute atomic E-state index is 13.3. The third-order valence-corrected chi connectivity index (χ3v) is 7.76. The van der Waals surface area contributed by atoms with E-state index in [2.05, 4.69) is 6.58 Å². The molecule has 49 heavy (non-hydrogen) atoms. The molecule has 0 radical (unpaired) electrons. The molecule has 3 aromatic rings. The Morgan fingerprint density at radius 1 is 0.551 bits per heavy atom. The smallest absolute Gasteiger partial charge is 0.336 e. The van der Waals surface area contributed by atoms with Crippen molar-refractivity contribution in [1.29, 1.82) is 0 Å². The van der Waals surface area contributed by atoms with E-state index >= 15 is 0 Å². The Hall–Kier alpha value is -5.00. The van der Waals surface area contributed by atoms with Crippen LogP contribution in [0.4, 0.5) is 0 Å². The van der Waals surface area contributed by atoms with Crippen molar-refractivity contribution in [2.45, 2.75) is 104 Å². The monoisotopic (exact) mass is 677 g/mol. The molecule has 0 saturated heterocycles. The van der Waals surface area contributed by atoms with Crippen molar-refractivity contribution in [1.82, 2.24) is 13.7 Å². The van der Waals surface area contributed by atoms with Crippen molar-refractivity contribution in [2.24, 2.45) is 0 Å². The Morgan fingerprint density at radius 3 is 1.33 bits per heavy atom. The van der Waals surface area contributed by atoms with Gasteiger partial charge >= 0.3 is 35.0 Å². The second-order valence-electron chi connectivity index (χ2n) is 11.8. The summed E-state index contributed by atoms with van der Waals surface area (Å²) in [5.74, 6) is -0.200. The van der Waals surface area contributed by atoms with E-state index in [4.69, 9.17) is 14.2 Å². The number of nitrogens with zero attached hydrogens (tertiary/aromatic N) is 3. The molecule has 2 aromatic carbocycles. The van der Waals surface area contributed by atoms with Gasteiger partial charge in [0.15, 0.2) is 0 Å². The molecule has 1 aromatic heterocycles. The predicted molar refractivity (Wildman–Crippen MR) is 185 cm³/mol. The highest BCUT2D eigenvalue weighted by Crippen LogP contribution is 2.13. The van der Waals surface area contributed by atoms with Crippen LogP contribution in [-0.4, -0.2) is 38.2 Å². The van der Waals surface area contributed by atoms with Gasteiger partial charge in [-0.05, 0) is 56.9 Å². The highest BCUT2D eigenvalue weighted by atomic mass is 16.5. The van der Waals surface area contributed by atoms with Crippen molar-refractivity contribution in [3.63, 3.8) is 0 Å². The quantitative estimate of drug-likeness (QED) is 0.0608. The number of unbranched alkanes of at least 4 members (excludes halogenated alkanes) is 8. The minimum Gasteiger partial charge on any atom is -0.460 e. The van der Waals surface area contributed by atoms with E-state index in [-0.39, 0.29) is 43.8 Å². The van der Waals surface area contributed by atoms with Crippen LogP contribution >= 0.6 is 0 Å². The Kier molecular flexibility index (Phi) is 16.5. The topological polar surface area (TPSA) is 145 Å². The highest BCUT2D eigenvalue weighted by Gasteiger charge is 2.16. The van der Waals surface area contributed by atoms with Crippen molar-refractivity contribution in [3.8, 4) is 11.5 Å². The molecule has 12 heteroatoms. The number of carbonyl (C=O) groups excluding carboxylic acids is 3. The molecule has 12 nitrogen and oxygen atoms in total. The lowest BCUT2D eigenvalue weighted by Gasteiger charge is -2.14. The van der Waals surface area contributed by atoms with Gasteiger partial charge in [0, 0.05) is 31.5 Å². The van der Waals surface area contributed by atoms with Gasteiger partial charge in [0.1, 0.15) is 18.1 Å². The standard InChI is InChI=1S/C37H47N3O9/c1-29(2)34(43)47-28-27-40-36(45)38(25-17-7-3-5-15-23-32(41)48-30-19-11-9-12-20-30)35(44)39(37(40)46)26-18-8-4-6-16-24-33(42)49-31-21-13-10-14-22-31/h9-14,19-22H,1,3-8,15-18,23-28H2,2H3. The van der Waals surface area contributed by atoms with Gasteiger partial charge < -0.3 is 14.2 Å². The minimum absolute atomic E-state index is 0.124. The summed E-state index contributed by atoms with van der Waals surface area (Å²) in [5.41, 5.74) is -1.97. The van der Waals surface area contributed by atoms with Crippen molar-refractivity contribution < 1.29 is 28.6 Å². The first-order valence-electron chi connectivity index (χ1n) is 17.0. The second kappa shape index (κ2) is 21.1. The molecule has 0 fully saturated rings. The predicted octanol–water partition coefficient (Wildman–Crippen LogP) is 5.18. The summed E-state index contributed by atoms with van der Waals surface area (Å²) in [6.07, 6.45) is 7.54. The van der Waals surface area contributed by atoms with Crippen LogP contribution in [0, 0.1) is 0 Å². The van der Waals surface area contributed by atoms with Gasteiger partial charge in [-0.1, -0.05) is 81.5 Å². The number of rotatable bonds is 22. The molecule has 0 bridgehead atoms. The van der Waals surface area contributed by atoms with E-state index in [1.165, 1.54) is 6.92 Å². The fraction of sp³-hybridized carbons (Fsp3) is 0.459. The lowest BCUT2D eigenvalue weighted by atomic mass is 10.1. The maximum Gasteiger partial charge on any atom is 0.336 e. The number of hydrogen-bond acceptors (Lipinski definition) is 9. The van der Waals surface area contributed by atoms with Crippen LogP contribution in [0.2, 0.25) is 0 Å². The fourth-order valence-corrected chi connectivity index (χ4v) is 5.09. The third-order valence-electron chi connectivity index (χ3n) is 7.76. The first-order chi connectivity index (χ1) is 23.7. The number of para-hydroxylation sites is 2. The molecule has 1 heterocycles. The van der Waals surface area contributed by atoms with Crippen molar-refractivity contribution in [3.05, 3.63) is 104 Å². The zero-order valence-corrected chi connectivity index (χ0v) is 28.3. The first kappa shape index (κ1) is 38.4. The van der Waals surface area contributed by atoms with Crippen LogP contribution in [0.1, 0.15) is 84.0 Å². The molecule has 0 atom stereocenters. The lowest BCUT2D eigenvalue weighted by molar-refractivity contribution is -0.139. The lowest BCUT2D eigenvalue weighted by Crippen LogP contribution is -2.55. The Balaban J connectivity index is 1.50. The minimum atomic E-state index is -0.747. The maximum atomic E-state index is 13.3. The van der Waals surface area contributed by atoms with E-state index in [1.54, 1.807) is 48.5 Å². The number of benzene rings is 2. The number of aromatic nitrogens is 3. The SMILES string of the molecule is C=C(C)C(=O)OCCn1c(=O)n(CCCCCCCC(=O)Oc2ccccc2)c(=O)n(CCCCCCCC(=O)Oc2ccccc2)c1=O. The normalized spacial score (nSPS) is 10.8. The van der Waals surface area contributed by atoms with E-state index in [0.29, 0.717) is 62.9 Å². The molecular formula is C37H47N3O9. The second-order valence-corrected chi connectivity index (χ2v) is 11.8. The molecule has 0 unspecified atom stereocenters. The van der Waals surface area contributed by atoms with Crippen LogP contribution < -0.4 is 26.5 Å². The van der Waals surface area contributed by atoms with Crippen LogP contribution in [0.5, 0.6) is 11.5 Å². The van der Waals surface area contributed by atoms with Gasteiger partial charge in [-0.3, -0.25) is 9.59 Å². The van der Waals surface area contributed by atoms with Gasteiger partial charge in [-0.25, -0.2) is 32.9 Å². The van der Waals surface area contributed by atoms with Gasteiger partial charge in [-0.2, -0.15) is 0 Å². The van der Waals surface area contributed by atoms with Crippen LogP contribution in [0.15, 0.2) is 87.2 Å². The van der Waals surface area contributed by atoms with Crippen LogP contribution in [0.25, 0.3) is 0 Å². The van der Waals surface area contributed by atoms with E-state index in [1.807, 2.05) is 12.1 Å². The van der Waals surface area contributed by atoms with Crippen molar-refractivity contribution in [2.75, 3.05) is 6.61 Å². The third kappa shape index (κ3) is 13.6. The fourth-order valence-electron chi connectivity index (χ4n) is 5.09. The summed E-state index contributed by atoms with van der Waals surface area (Å²) >= 11 is 0. The van der Waals surface area contributed by atoms with Crippen molar-refractivity contribution >= 4 is 17.9 Å². The zero-order chi connectivity index (χ0) is 35.4. The summed E-state index contributed by atoms with van der Waals surface area (Å²) in [4.78, 5) is 75.7. The molecule has 0 N–H and O–H groups in total. The van der Waals surface area contributed by atoms with Gasteiger partial charge in [-0.15, -0.1) is 0 Å². The van der Waals surface area contributed by atoms with E-state index in [0.717, 1.165) is 39.4 Å². The summed E-state index contributed by atoms with van der Waals surface area (Å²) < 4.78 is 18.8. The Bertz CT molecular complexity index is 1590. The molecule has 264 valence electrons. The van der Waals surface area contributed by atoms with Gasteiger partial charge in [0.2, 0.25) is 0 Å². The number of carbonyl (C=O) groups is 3. The Labute approximate surface area is 285 Å². The first-order valence-corrected chi connectivity index (χ1v) is 17.0.